The maximum atomic E-state index is 12.7. The Balaban J connectivity index is 2.85. The lowest BCUT2D eigenvalue weighted by Gasteiger charge is -2.21. The largest absolute Gasteiger partial charge is 0.278 e. The molecule has 0 fully saturated rings. The highest BCUT2D eigenvalue weighted by Crippen LogP contribution is 2.29. The van der Waals surface area contributed by atoms with Crippen molar-refractivity contribution < 1.29 is 9.63 Å². The number of carbonyl (C=O) groups is 1. The number of aromatic nitrogens is 3. The summed E-state index contributed by atoms with van der Waals surface area (Å²) in [6.45, 7) is 12.3. The highest BCUT2D eigenvalue weighted by Gasteiger charge is 2.26. The fraction of sp³-hybridized carbons (Fsp3) is 0.588. The van der Waals surface area contributed by atoms with Crippen LogP contribution in [0.5, 0.6) is 0 Å². The van der Waals surface area contributed by atoms with Crippen LogP contribution in [-0.4, -0.2) is 39.9 Å². The van der Waals surface area contributed by atoms with Crippen molar-refractivity contribution in [1.29, 1.82) is 0 Å². The van der Waals surface area contributed by atoms with Gasteiger partial charge in [0.2, 0.25) is 0 Å². The molecule has 6 heteroatoms. The second kappa shape index (κ2) is 5.92. The van der Waals surface area contributed by atoms with Gasteiger partial charge in [0.15, 0.2) is 5.65 Å². The Bertz CT molecular complexity index is 741. The number of aryl methyl sites for hydroxylation is 1. The van der Waals surface area contributed by atoms with Crippen molar-refractivity contribution in [2.75, 3.05) is 14.2 Å². The summed E-state index contributed by atoms with van der Waals surface area (Å²) in [6.07, 6.45) is 0. The van der Waals surface area contributed by atoms with E-state index in [0.29, 0.717) is 5.56 Å². The molecule has 0 aliphatic heterocycles. The van der Waals surface area contributed by atoms with Crippen LogP contribution in [0.25, 0.3) is 11.0 Å². The molecule has 0 aromatic carbocycles. The van der Waals surface area contributed by atoms with Crippen LogP contribution in [0.4, 0.5) is 0 Å². The maximum absolute atomic E-state index is 12.7. The summed E-state index contributed by atoms with van der Waals surface area (Å²) in [5, 5.41) is 6.65. The Morgan fingerprint density at radius 1 is 1.35 bits per heavy atom. The molecule has 0 bridgehead atoms. The molecular weight excluding hydrogens is 292 g/mol. The third-order valence-electron chi connectivity index (χ3n) is 3.85. The average molecular weight is 318 g/mol. The summed E-state index contributed by atoms with van der Waals surface area (Å²) in [5.74, 6) is 0.0146. The lowest BCUT2D eigenvalue weighted by molar-refractivity contribution is -0.0755. The Morgan fingerprint density at radius 2 is 1.96 bits per heavy atom. The van der Waals surface area contributed by atoms with Crippen LogP contribution in [-0.2, 0) is 10.4 Å². The molecule has 0 atom stereocenters. The lowest BCUT2D eigenvalue weighted by Crippen LogP contribution is -2.26. The van der Waals surface area contributed by atoms with Crippen LogP contribution in [0, 0.1) is 6.92 Å². The van der Waals surface area contributed by atoms with Crippen LogP contribution < -0.4 is 0 Å². The molecule has 0 spiro atoms. The van der Waals surface area contributed by atoms with E-state index in [1.807, 2.05) is 17.7 Å². The summed E-state index contributed by atoms with van der Waals surface area (Å²) < 4.78 is 1.90. The number of hydrogen-bond acceptors (Lipinski definition) is 4. The molecule has 2 heterocycles. The minimum absolute atomic E-state index is 0.196. The van der Waals surface area contributed by atoms with Crippen LogP contribution in [0.15, 0.2) is 6.07 Å². The third kappa shape index (κ3) is 3.08. The topological polar surface area (TPSA) is 60.2 Å². The molecule has 0 N–H and O–H groups in total. The number of pyridine rings is 1. The van der Waals surface area contributed by atoms with E-state index in [1.54, 1.807) is 7.05 Å². The van der Waals surface area contributed by atoms with Crippen molar-refractivity contribution in [3.05, 3.63) is 23.0 Å². The lowest BCUT2D eigenvalue weighted by atomic mass is 10.0. The molecule has 126 valence electrons. The van der Waals surface area contributed by atoms with Gasteiger partial charge in [-0.3, -0.25) is 9.63 Å². The van der Waals surface area contributed by atoms with Gasteiger partial charge < -0.3 is 0 Å². The number of carbonyl (C=O) groups excluding carboxylic acids is 1. The van der Waals surface area contributed by atoms with E-state index >= 15 is 0 Å². The van der Waals surface area contributed by atoms with E-state index in [2.05, 4.69) is 39.7 Å². The fourth-order valence-electron chi connectivity index (χ4n) is 2.49. The molecule has 23 heavy (non-hydrogen) atoms. The average Bonchev–Trinajstić information content (AvgIpc) is 2.82. The van der Waals surface area contributed by atoms with Crippen molar-refractivity contribution in [1.82, 2.24) is 19.8 Å². The predicted molar refractivity (Wildman–Crippen MR) is 90.5 cm³/mol. The predicted octanol–water partition coefficient (Wildman–Crippen LogP) is 3.25. The molecule has 0 saturated carbocycles. The van der Waals surface area contributed by atoms with Gasteiger partial charge in [0, 0.05) is 12.7 Å². The number of hydroxylamine groups is 2. The summed E-state index contributed by atoms with van der Waals surface area (Å²) in [5.41, 5.74) is 2.77. The van der Waals surface area contributed by atoms with Crippen molar-refractivity contribution in [3.63, 3.8) is 0 Å². The van der Waals surface area contributed by atoms with E-state index in [4.69, 9.17) is 9.82 Å². The van der Waals surface area contributed by atoms with Crippen LogP contribution in [0.1, 0.15) is 62.3 Å². The summed E-state index contributed by atoms with van der Waals surface area (Å²) in [7, 11) is 3.08. The third-order valence-corrected chi connectivity index (χ3v) is 3.85. The smallest absolute Gasteiger partial charge is 0.274 e. The quantitative estimate of drug-likeness (QED) is 0.815. The minimum Gasteiger partial charge on any atom is -0.274 e. The van der Waals surface area contributed by atoms with Gasteiger partial charge in [0.05, 0.1) is 29.3 Å². The fourth-order valence-corrected chi connectivity index (χ4v) is 2.49. The van der Waals surface area contributed by atoms with Gasteiger partial charge in [-0.2, -0.15) is 5.10 Å². The van der Waals surface area contributed by atoms with Crippen LogP contribution in [0.3, 0.4) is 0 Å². The van der Waals surface area contributed by atoms with Crippen molar-refractivity contribution in [2.45, 2.75) is 53.0 Å². The number of fused-ring (bicyclic) bond motifs is 1. The minimum atomic E-state index is -0.220. The van der Waals surface area contributed by atoms with Gasteiger partial charge in [-0.15, -0.1) is 0 Å². The van der Waals surface area contributed by atoms with Gasteiger partial charge >= 0.3 is 0 Å². The second-order valence-electron chi connectivity index (χ2n) is 7.10. The van der Waals surface area contributed by atoms with Gasteiger partial charge in [-0.1, -0.05) is 13.8 Å². The van der Waals surface area contributed by atoms with Gasteiger partial charge in [-0.25, -0.2) is 14.7 Å². The zero-order valence-electron chi connectivity index (χ0n) is 15.3. The number of rotatable bonds is 3. The molecule has 2 rings (SSSR count). The van der Waals surface area contributed by atoms with Crippen LogP contribution >= 0.6 is 0 Å². The highest BCUT2D eigenvalue weighted by molar-refractivity contribution is 6.06. The first-order chi connectivity index (χ1) is 10.6. The Hall–Kier alpha value is -1.95. The molecule has 0 aliphatic rings. The molecule has 6 nitrogen and oxygen atoms in total. The van der Waals surface area contributed by atoms with E-state index in [0.717, 1.165) is 22.4 Å². The molecule has 2 aromatic heterocycles. The zero-order chi connectivity index (χ0) is 17.5. The first kappa shape index (κ1) is 17.4. The van der Waals surface area contributed by atoms with Gasteiger partial charge in [0.1, 0.15) is 0 Å². The first-order valence-corrected chi connectivity index (χ1v) is 7.80. The molecule has 2 aromatic rings. The number of nitrogens with zero attached hydrogens (tertiary/aromatic N) is 4. The van der Waals surface area contributed by atoms with E-state index in [1.165, 1.54) is 12.2 Å². The monoisotopic (exact) mass is 318 g/mol. The van der Waals surface area contributed by atoms with Crippen molar-refractivity contribution in [3.8, 4) is 0 Å². The molecular formula is C17H26N4O2. The van der Waals surface area contributed by atoms with Gasteiger partial charge in [0.25, 0.3) is 5.91 Å². The Labute approximate surface area is 137 Å². The summed E-state index contributed by atoms with van der Waals surface area (Å²) in [6, 6.07) is 1.85. The zero-order valence-corrected chi connectivity index (χ0v) is 15.3. The summed E-state index contributed by atoms with van der Waals surface area (Å²) in [4.78, 5) is 22.6. The second-order valence-corrected chi connectivity index (χ2v) is 7.10. The van der Waals surface area contributed by atoms with Gasteiger partial charge in [-0.05, 0) is 39.7 Å². The number of amides is 1. The first-order valence-electron chi connectivity index (χ1n) is 7.80. The molecule has 0 unspecified atom stereocenters. The molecule has 0 aliphatic carbocycles. The Kier molecular flexibility index (Phi) is 4.48. The van der Waals surface area contributed by atoms with E-state index in [9.17, 15) is 4.79 Å². The standard InChI is InChI=1S/C17H26N4O2/c1-10(2)13-9-12(16(22)20(7)23-8)14-11(3)19-21(15(14)18-13)17(4,5)6/h9-10H,1-8H3. The SMILES string of the molecule is CON(C)C(=O)c1cc(C(C)C)nc2c1c(C)nn2C(C)(C)C. The molecule has 0 saturated heterocycles. The van der Waals surface area contributed by atoms with Crippen molar-refractivity contribution >= 4 is 16.9 Å². The maximum Gasteiger partial charge on any atom is 0.278 e. The van der Waals surface area contributed by atoms with E-state index in [-0.39, 0.29) is 17.4 Å². The normalized spacial score (nSPS) is 12.2. The molecule has 0 radical (unpaired) electrons. The highest BCUT2D eigenvalue weighted by atomic mass is 16.7. The summed E-state index contributed by atoms with van der Waals surface area (Å²) >= 11 is 0. The number of hydrogen-bond donors (Lipinski definition) is 0. The van der Waals surface area contributed by atoms with Crippen LogP contribution in [0.2, 0.25) is 0 Å². The van der Waals surface area contributed by atoms with Crippen molar-refractivity contribution in [2.24, 2.45) is 0 Å². The Morgan fingerprint density at radius 3 is 2.43 bits per heavy atom. The molecule has 1 amide bonds. The van der Waals surface area contributed by atoms with E-state index < -0.39 is 0 Å².